The van der Waals surface area contributed by atoms with E-state index in [4.69, 9.17) is 22.1 Å². The van der Waals surface area contributed by atoms with Crippen LogP contribution >= 0.6 is 23.4 Å². The zero-order chi connectivity index (χ0) is 19.3. The number of amides is 3. The number of ether oxygens (including phenoxy) is 1. The van der Waals surface area contributed by atoms with Gasteiger partial charge in [-0.15, -0.1) is 10.2 Å². The first-order chi connectivity index (χ1) is 12.3. The van der Waals surface area contributed by atoms with Gasteiger partial charge in [-0.05, 0) is 18.1 Å². The number of hydrogen-bond donors (Lipinski definition) is 2. The van der Waals surface area contributed by atoms with E-state index in [0.717, 1.165) is 0 Å². The number of benzene rings is 1. The number of para-hydroxylation sites is 1. The second kappa shape index (κ2) is 8.91. The summed E-state index contributed by atoms with van der Waals surface area (Å²) in [4.78, 5) is 23.1. The van der Waals surface area contributed by atoms with E-state index >= 15 is 0 Å². The van der Waals surface area contributed by atoms with E-state index in [1.54, 1.807) is 23.7 Å². The average Bonchev–Trinajstić information content (AvgIpc) is 2.91. The lowest BCUT2D eigenvalue weighted by molar-refractivity contribution is -0.120. The minimum absolute atomic E-state index is 0.0427. The average molecular weight is 398 g/mol. The van der Waals surface area contributed by atoms with Gasteiger partial charge in [-0.2, -0.15) is 0 Å². The number of aromatic nitrogens is 3. The number of carbonyl (C=O) groups excluding carboxylic acids is 2. The van der Waals surface area contributed by atoms with Crippen LogP contribution < -0.4 is 15.8 Å². The smallest absolute Gasteiger partial charge is 0.318 e. The van der Waals surface area contributed by atoms with Gasteiger partial charge in [0.1, 0.15) is 12.4 Å². The van der Waals surface area contributed by atoms with Crippen molar-refractivity contribution in [2.75, 3.05) is 0 Å². The second-order valence-electron chi connectivity index (χ2n) is 5.81. The summed E-state index contributed by atoms with van der Waals surface area (Å²) in [7, 11) is 1.77. The predicted octanol–water partition coefficient (Wildman–Crippen LogP) is 2.36. The summed E-state index contributed by atoms with van der Waals surface area (Å²) in [6, 6.07) is 6.25. The lowest BCUT2D eigenvalue weighted by Crippen LogP contribution is -2.42. The predicted molar refractivity (Wildman–Crippen MR) is 99.0 cm³/mol. The largest absolute Gasteiger partial charge is 0.484 e. The van der Waals surface area contributed by atoms with Crippen LogP contribution in [0.15, 0.2) is 29.4 Å². The molecule has 1 aromatic heterocycles. The van der Waals surface area contributed by atoms with E-state index in [1.807, 2.05) is 26.0 Å². The van der Waals surface area contributed by atoms with Crippen LogP contribution in [0.2, 0.25) is 5.02 Å². The molecule has 8 nitrogen and oxygen atoms in total. The van der Waals surface area contributed by atoms with Crippen molar-refractivity contribution in [3.8, 4) is 5.75 Å². The fraction of sp³-hybridized carbons (Fsp3) is 0.375. The Labute approximate surface area is 160 Å². The van der Waals surface area contributed by atoms with Gasteiger partial charge in [0.25, 0.3) is 0 Å². The van der Waals surface area contributed by atoms with Crippen molar-refractivity contribution in [3.05, 3.63) is 35.1 Å². The van der Waals surface area contributed by atoms with Crippen molar-refractivity contribution in [1.29, 1.82) is 0 Å². The summed E-state index contributed by atoms with van der Waals surface area (Å²) >= 11 is 7.27. The first-order valence-corrected chi connectivity index (χ1v) is 9.08. The fourth-order valence-corrected chi connectivity index (χ4v) is 3.28. The Kier molecular flexibility index (Phi) is 6.87. The maximum absolute atomic E-state index is 12.1. The van der Waals surface area contributed by atoms with Gasteiger partial charge in [-0.3, -0.25) is 10.1 Å². The quantitative estimate of drug-likeness (QED) is 0.693. The van der Waals surface area contributed by atoms with Crippen molar-refractivity contribution in [3.63, 3.8) is 0 Å². The van der Waals surface area contributed by atoms with E-state index < -0.39 is 17.2 Å². The Balaban J connectivity index is 2.08. The summed E-state index contributed by atoms with van der Waals surface area (Å²) < 4.78 is 7.40. The van der Waals surface area contributed by atoms with Crippen LogP contribution in [-0.2, 0) is 18.4 Å². The van der Waals surface area contributed by atoms with Crippen LogP contribution in [0.3, 0.4) is 0 Å². The molecule has 0 radical (unpaired) electrons. The molecule has 0 spiro atoms. The highest BCUT2D eigenvalue weighted by molar-refractivity contribution is 8.00. The zero-order valence-electron chi connectivity index (χ0n) is 14.6. The van der Waals surface area contributed by atoms with Crippen molar-refractivity contribution in [2.24, 2.45) is 18.7 Å². The number of nitrogens with zero attached hydrogens (tertiary/aromatic N) is 3. The van der Waals surface area contributed by atoms with Crippen LogP contribution in [0.1, 0.15) is 19.7 Å². The van der Waals surface area contributed by atoms with Gasteiger partial charge < -0.3 is 15.0 Å². The fourth-order valence-electron chi connectivity index (χ4n) is 2.08. The molecule has 26 heavy (non-hydrogen) atoms. The van der Waals surface area contributed by atoms with Crippen LogP contribution in [0.25, 0.3) is 0 Å². The highest BCUT2D eigenvalue weighted by Gasteiger charge is 2.27. The molecule has 140 valence electrons. The molecule has 3 amide bonds. The molecule has 0 saturated heterocycles. The van der Waals surface area contributed by atoms with Gasteiger partial charge in [0.15, 0.2) is 11.0 Å². The Hall–Kier alpha value is -2.26. The summed E-state index contributed by atoms with van der Waals surface area (Å²) in [5.41, 5.74) is 5.03. The second-order valence-corrected chi connectivity index (χ2v) is 7.33. The number of nitrogens with one attached hydrogen (secondary N) is 1. The van der Waals surface area contributed by atoms with E-state index in [2.05, 4.69) is 15.5 Å². The molecule has 0 aliphatic carbocycles. The van der Waals surface area contributed by atoms with Crippen LogP contribution in [0.5, 0.6) is 5.75 Å². The minimum Gasteiger partial charge on any atom is -0.484 e. The minimum atomic E-state index is -0.881. The Bertz CT molecular complexity index is 796. The third kappa shape index (κ3) is 5.12. The standard InChI is InChI=1S/C16H20ClN5O3S/c1-9(2)13(14(23)19-15(18)24)26-16-21-20-12(22(16)3)8-25-11-7-5-4-6-10(11)17/h4-7,9,13H,8H2,1-3H3,(H3,18,19,23,24)/t13-/m0/s1. The molecule has 3 N–H and O–H groups in total. The lowest BCUT2D eigenvalue weighted by Gasteiger charge is -2.18. The molecule has 0 bridgehead atoms. The molecule has 1 aromatic carbocycles. The maximum Gasteiger partial charge on any atom is 0.318 e. The highest BCUT2D eigenvalue weighted by Crippen LogP contribution is 2.28. The normalized spacial score (nSPS) is 12.0. The highest BCUT2D eigenvalue weighted by atomic mass is 35.5. The number of rotatable bonds is 7. The van der Waals surface area contributed by atoms with Gasteiger partial charge in [0.05, 0.1) is 10.3 Å². The summed E-state index contributed by atoms with van der Waals surface area (Å²) in [5, 5.41) is 10.8. The molecule has 0 aliphatic rings. The van der Waals surface area contributed by atoms with Gasteiger partial charge in [-0.25, -0.2) is 4.79 Å². The van der Waals surface area contributed by atoms with Crippen molar-refractivity contribution in [2.45, 2.75) is 30.9 Å². The number of hydrogen-bond acceptors (Lipinski definition) is 6. The first-order valence-electron chi connectivity index (χ1n) is 7.82. The molecule has 0 fully saturated rings. The Morgan fingerprint density at radius 2 is 2.04 bits per heavy atom. The number of carbonyl (C=O) groups is 2. The number of imide groups is 1. The van der Waals surface area contributed by atoms with E-state index in [-0.39, 0.29) is 12.5 Å². The van der Waals surface area contributed by atoms with Gasteiger partial charge in [0, 0.05) is 7.05 Å². The zero-order valence-corrected chi connectivity index (χ0v) is 16.2. The molecular formula is C16H20ClN5O3S. The Morgan fingerprint density at radius 3 is 2.65 bits per heavy atom. The number of urea groups is 1. The monoisotopic (exact) mass is 397 g/mol. The van der Waals surface area contributed by atoms with Crippen molar-refractivity contribution in [1.82, 2.24) is 20.1 Å². The number of nitrogens with two attached hydrogens (primary N) is 1. The van der Waals surface area contributed by atoms with Crippen LogP contribution in [0, 0.1) is 5.92 Å². The molecule has 1 heterocycles. The third-order valence-electron chi connectivity index (χ3n) is 3.46. The van der Waals surface area contributed by atoms with E-state index in [9.17, 15) is 9.59 Å². The molecule has 0 aliphatic heterocycles. The summed E-state index contributed by atoms with van der Waals surface area (Å²) in [5.74, 6) is 0.616. The van der Waals surface area contributed by atoms with Gasteiger partial charge in [0.2, 0.25) is 5.91 Å². The van der Waals surface area contributed by atoms with E-state index in [0.29, 0.717) is 21.8 Å². The van der Waals surface area contributed by atoms with Crippen LogP contribution in [0.4, 0.5) is 4.79 Å². The Morgan fingerprint density at radius 1 is 1.35 bits per heavy atom. The van der Waals surface area contributed by atoms with Crippen LogP contribution in [-0.4, -0.2) is 32.0 Å². The van der Waals surface area contributed by atoms with Crippen molar-refractivity contribution < 1.29 is 14.3 Å². The number of primary amides is 1. The van der Waals surface area contributed by atoms with Crippen molar-refractivity contribution >= 4 is 35.3 Å². The summed E-state index contributed by atoms with van der Waals surface area (Å²) in [6.07, 6.45) is 0. The van der Waals surface area contributed by atoms with E-state index in [1.165, 1.54) is 11.8 Å². The molecule has 0 unspecified atom stereocenters. The lowest BCUT2D eigenvalue weighted by atomic mass is 10.1. The SMILES string of the molecule is CC(C)[C@H](Sc1nnc(COc2ccccc2Cl)n1C)C(=O)NC(N)=O. The molecule has 2 rings (SSSR count). The molecule has 0 saturated carbocycles. The molecule has 10 heteroatoms. The third-order valence-corrected chi connectivity index (χ3v) is 5.35. The first kappa shape index (κ1) is 20.1. The molecule has 2 aromatic rings. The summed E-state index contributed by atoms with van der Waals surface area (Å²) in [6.45, 7) is 3.92. The van der Waals surface area contributed by atoms with Gasteiger partial charge >= 0.3 is 6.03 Å². The number of halogens is 1. The maximum atomic E-state index is 12.1. The molecular weight excluding hydrogens is 378 g/mol. The molecule has 1 atom stereocenters. The van der Waals surface area contributed by atoms with Gasteiger partial charge in [-0.1, -0.05) is 49.3 Å². The topological polar surface area (TPSA) is 112 Å². The number of thioether (sulfide) groups is 1.